The first-order valence-electron chi connectivity index (χ1n) is 8.44. The molecular formula is C20H18N4O2S. The summed E-state index contributed by atoms with van der Waals surface area (Å²) in [7, 11) is 3.34. The van der Waals surface area contributed by atoms with Crippen molar-refractivity contribution in [3.8, 4) is 16.2 Å². The average Bonchev–Trinajstić information content (AvgIpc) is 3.32. The number of carbonyl (C=O) groups is 1. The van der Waals surface area contributed by atoms with Crippen LogP contribution in [0.25, 0.3) is 16.1 Å². The van der Waals surface area contributed by atoms with E-state index in [9.17, 15) is 4.79 Å². The number of hydrogen-bond donors (Lipinski definition) is 0. The number of pyridine rings is 1. The third-order valence-corrected chi connectivity index (χ3v) is 5.43. The summed E-state index contributed by atoms with van der Waals surface area (Å²) in [6.45, 7) is 0.353. The van der Waals surface area contributed by atoms with Crippen molar-refractivity contribution in [3.05, 3.63) is 71.5 Å². The Morgan fingerprint density at radius 3 is 2.70 bits per heavy atom. The third kappa shape index (κ3) is 3.29. The Morgan fingerprint density at radius 1 is 1.15 bits per heavy atom. The van der Waals surface area contributed by atoms with Crippen LogP contribution in [0.15, 0.2) is 60.8 Å². The van der Waals surface area contributed by atoms with Crippen LogP contribution in [0.4, 0.5) is 0 Å². The van der Waals surface area contributed by atoms with Crippen LogP contribution >= 0.6 is 11.3 Å². The van der Waals surface area contributed by atoms with Crippen LogP contribution in [0.2, 0.25) is 0 Å². The maximum absolute atomic E-state index is 13.0. The van der Waals surface area contributed by atoms with E-state index in [1.807, 2.05) is 65.2 Å². The molecule has 1 aromatic carbocycles. The lowest BCUT2D eigenvalue weighted by Gasteiger charge is -2.15. The fraction of sp³-hybridized carbons (Fsp3) is 0.150. The molecule has 0 atom stereocenters. The van der Waals surface area contributed by atoms with Crippen LogP contribution in [0.1, 0.15) is 15.5 Å². The highest BCUT2D eigenvalue weighted by Crippen LogP contribution is 2.36. The molecule has 27 heavy (non-hydrogen) atoms. The molecule has 0 N–H and O–H groups in total. The average molecular weight is 378 g/mol. The smallest absolute Gasteiger partial charge is 0.267 e. The Labute approximate surface area is 160 Å². The molecule has 0 aliphatic carbocycles. The van der Waals surface area contributed by atoms with Crippen molar-refractivity contribution in [1.82, 2.24) is 19.5 Å². The zero-order valence-corrected chi connectivity index (χ0v) is 15.8. The Bertz CT molecular complexity index is 1090. The molecule has 4 aromatic rings. The Balaban J connectivity index is 1.61. The van der Waals surface area contributed by atoms with Crippen molar-refractivity contribution in [2.45, 2.75) is 6.54 Å². The zero-order chi connectivity index (χ0) is 18.8. The van der Waals surface area contributed by atoms with E-state index in [-0.39, 0.29) is 5.91 Å². The van der Waals surface area contributed by atoms with Gasteiger partial charge in [0.25, 0.3) is 5.91 Å². The number of fused-ring (bicyclic) bond motifs is 1. The van der Waals surface area contributed by atoms with Crippen molar-refractivity contribution < 1.29 is 9.53 Å². The minimum atomic E-state index is -0.105. The van der Waals surface area contributed by atoms with E-state index in [0.717, 1.165) is 16.1 Å². The third-order valence-electron chi connectivity index (χ3n) is 4.28. The Kier molecular flexibility index (Phi) is 4.60. The number of amides is 1. The van der Waals surface area contributed by atoms with Gasteiger partial charge in [-0.05, 0) is 23.8 Å². The topological polar surface area (TPSA) is 59.7 Å². The summed E-state index contributed by atoms with van der Waals surface area (Å²) >= 11 is 1.43. The molecule has 0 saturated heterocycles. The van der Waals surface area contributed by atoms with Gasteiger partial charge in [-0.15, -0.1) is 21.5 Å². The molecule has 3 heterocycles. The SMILES string of the molecule is COc1cc(-c2ccccc2)sc1C(=O)N(C)Cc1nnc2ccccn12. The van der Waals surface area contributed by atoms with Crippen LogP contribution in [-0.2, 0) is 6.54 Å². The molecule has 0 aliphatic rings. The molecule has 6 nitrogen and oxygen atoms in total. The molecule has 0 aliphatic heterocycles. The minimum absolute atomic E-state index is 0.105. The molecule has 7 heteroatoms. The fourth-order valence-electron chi connectivity index (χ4n) is 2.88. The summed E-state index contributed by atoms with van der Waals surface area (Å²) in [5.41, 5.74) is 1.82. The minimum Gasteiger partial charge on any atom is -0.495 e. The molecule has 0 unspecified atom stereocenters. The van der Waals surface area contributed by atoms with Gasteiger partial charge in [-0.1, -0.05) is 36.4 Å². The predicted octanol–water partition coefficient (Wildman–Crippen LogP) is 3.74. The molecule has 4 rings (SSSR count). The number of benzene rings is 1. The second kappa shape index (κ2) is 7.20. The normalized spacial score (nSPS) is 10.9. The monoisotopic (exact) mass is 378 g/mol. The number of hydrogen-bond acceptors (Lipinski definition) is 5. The van der Waals surface area contributed by atoms with E-state index in [2.05, 4.69) is 10.2 Å². The highest BCUT2D eigenvalue weighted by Gasteiger charge is 2.22. The summed E-state index contributed by atoms with van der Waals surface area (Å²) < 4.78 is 7.33. The Morgan fingerprint density at radius 2 is 1.93 bits per heavy atom. The van der Waals surface area contributed by atoms with Crippen LogP contribution < -0.4 is 4.74 Å². The second-order valence-electron chi connectivity index (χ2n) is 6.08. The van der Waals surface area contributed by atoms with Crippen LogP contribution in [0, 0.1) is 0 Å². The summed E-state index contributed by atoms with van der Waals surface area (Å²) in [6, 6.07) is 17.6. The first-order valence-corrected chi connectivity index (χ1v) is 9.26. The molecule has 136 valence electrons. The lowest BCUT2D eigenvalue weighted by Crippen LogP contribution is -2.26. The summed E-state index contributed by atoms with van der Waals surface area (Å²) in [6.07, 6.45) is 1.89. The van der Waals surface area contributed by atoms with Crippen molar-refractivity contribution in [2.75, 3.05) is 14.2 Å². The van der Waals surface area contributed by atoms with E-state index < -0.39 is 0 Å². The number of nitrogens with zero attached hydrogens (tertiary/aromatic N) is 4. The Hall–Kier alpha value is -3.19. The quantitative estimate of drug-likeness (QED) is 0.531. The number of rotatable bonds is 5. The van der Waals surface area contributed by atoms with E-state index in [1.165, 1.54) is 11.3 Å². The molecule has 0 saturated carbocycles. The van der Waals surface area contributed by atoms with Gasteiger partial charge < -0.3 is 9.64 Å². The van der Waals surface area contributed by atoms with Gasteiger partial charge in [-0.25, -0.2) is 0 Å². The number of ether oxygens (including phenoxy) is 1. The summed E-state index contributed by atoms with van der Waals surface area (Å²) in [5, 5.41) is 8.33. The van der Waals surface area contributed by atoms with Gasteiger partial charge in [0.15, 0.2) is 11.5 Å². The first kappa shape index (κ1) is 17.2. The maximum Gasteiger partial charge on any atom is 0.267 e. The maximum atomic E-state index is 13.0. The fourth-order valence-corrected chi connectivity index (χ4v) is 4.00. The first-order chi connectivity index (χ1) is 13.2. The van der Waals surface area contributed by atoms with E-state index in [4.69, 9.17) is 4.74 Å². The summed E-state index contributed by atoms with van der Waals surface area (Å²) in [4.78, 5) is 16.2. The lowest BCUT2D eigenvalue weighted by atomic mass is 10.2. The van der Waals surface area contributed by atoms with E-state index in [0.29, 0.717) is 23.0 Å². The van der Waals surface area contributed by atoms with Gasteiger partial charge in [0.2, 0.25) is 0 Å². The van der Waals surface area contributed by atoms with E-state index in [1.54, 1.807) is 19.1 Å². The van der Waals surface area contributed by atoms with Crippen LogP contribution in [0.3, 0.4) is 0 Å². The number of methoxy groups -OCH3 is 1. The number of carbonyl (C=O) groups excluding carboxylic acids is 1. The van der Waals surface area contributed by atoms with Gasteiger partial charge in [0.05, 0.1) is 13.7 Å². The molecule has 0 radical (unpaired) electrons. The van der Waals surface area contributed by atoms with Gasteiger partial charge >= 0.3 is 0 Å². The van der Waals surface area contributed by atoms with Gasteiger partial charge in [0.1, 0.15) is 10.6 Å². The standard InChI is InChI=1S/C20H18N4O2S/c1-23(13-18-22-21-17-10-6-7-11-24(17)18)20(25)19-15(26-2)12-16(27-19)14-8-4-3-5-9-14/h3-12H,13H2,1-2H3. The van der Waals surface area contributed by atoms with Crippen molar-refractivity contribution in [1.29, 1.82) is 0 Å². The molecule has 0 bridgehead atoms. The van der Waals surface area contributed by atoms with Gasteiger partial charge in [-0.3, -0.25) is 9.20 Å². The molecule has 0 spiro atoms. The van der Waals surface area contributed by atoms with Crippen molar-refractivity contribution in [3.63, 3.8) is 0 Å². The number of aromatic nitrogens is 3. The predicted molar refractivity (Wildman–Crippen MR) is 105 cm³/mol. The highest BCUT2D eigenvalue weighted by atomic mass is 32.1. The van der Waals surface area contributed by atoms with Crippen molar-refractivity contribution in [2.24, 2.45) is 0 Å². The molecular weight excluding hydrogens is 360 g/mol. The second-order valence-corrected chi connectivity index (χ2v) is 7.13. The van der Waals surface area contributed by atoms with Crippen molar-refractivity contribution >= 4 is 22.9 Å². The van der Waals surface area contributed by atoms with E-state index >= 15 is 0 Å². The van der Waals surface area contributed by atoms with Crippen LogP contribution in [0.5, 0.6) is 5.75 Å². The summed E-state index contributed by atoms with van der Waals surface area (Å²) in [5.74, 6) is 1.19. The van der Waals surface area contributed by atoms with Crippen LogP contribution in [-0.4, -0.2) is 39.6 Å². The largest absolute Gasteiger partial charge is 0.495 e. The molecule has 3 aromatic heterocycles. The van der Waals surface area contributed by atoms with Gasteiger partial charge in [-0.2, -0.15) is 0 Å². The molecule has 1 amide bonds. The van der Waals surface area contributed by atoms with Gasteiger partial charge in [0, 0.05) is 18.1 Å². The lowest BCUT2D eigenvalue weighted by molar-refractivity contribution is 0.0783. The molecule has 0 fully saturated rings. The zero-order valence-electron chi connectivity index (χ0n) is 15.0. The number of thiophene rings is 1. The highest BCUT2D eigenvalue weighted by molar-refractivity contribution is 7.17.